The van der Waals surface area contributed by atoms with Crippen molar-refractivity contribution < 1.29 is 4.39 Å². The maximum atomic E-state index is 13.7. The van der Waals surface area contributed by atoms with Gasteiger partial charge in [-0.15, -0.1) is 0 Å². The molecule has 1 aliphatic rings. The zero-order valence-corrected chi connectivity index (χ0v) is 8.09. The molecule has 0 heterocycles. The molecule has 1 aromatic rings. The lowest BCUT2D eigenvalue weighted by atomic mass is 9.96. The molecule has 0 spiro atoms. The molecule has 76 valence electrons. The average Bonchev–Trinajstić information content (AvgIpc) is 2.67. The third kappa shape index (κ3) is 1.43. The number of hydrogen-bond acceptors (Lipinski definition) is 2. The fraction of sp³-hybridized carbons (Fsp3) is 0.455. The second-order valence-electron chi connectivity index (χ2n) is 3.95. The lowest BCUT2D eigenvalue weighted by Gasteiger charge is -2.13. The largest absolute Gasteiger partial charge is 0.397 e. The topological polar surface area (TPSA) is 52.0 Å². The van der Waals surface area contributed by atoms with E-state index in [-0.39, 0.29) is 11.5 Å². The Balaban J connectivity index is 2.38. The number of hydrogen-bond donors (Lipinski definition) is 2. The molecule has 2 rings (SSSR count). The van der Waals surface area contributed by atoms with E-state index in [1.165, 1.54) is 12.8 Å². The van der Waals surface area contributed by atoms with E-state index < -0.39 is 0 Å². The Morgan fingerprint density at radius 3 is 2.43 bits per heavy atom. The van der Waals surface area contributed by atoms with E-state index in [2.05, 4.69) is 0 Å². The second-order valence-corrected chi connectivity index (χ2v) is 3.95. The predicted octanol–water partition coefficient (Wildman–Crippen LogP) is 2.65. The lowest BCUT2D eigenvalue weighted by Crippen LogP contribution is -2.04. The first kappa shape index (κ1) is 9.31. The van der Waals surface area contributed by atoms with Crippen molar-refractivity contribution in [3.63, 3.8) is 0 Å². The van der Waals surface area contributed by atoms with Crippen molar-refractivity contribution in [2.24, 2.45) is 0 Å². The summed E-state index contributed by atoms with van der Waals surface area (Å²) in [7, 11) is 0. The average molecular weight is 194 g/mol. The van der Waals surface area contributed by atoms with Crippen LogP contribution in [0.3, 0.4) is 0 Å². The molecule has 1 aliphatic carbocycles. The quantitative estimate of drug-likeness (QED) is 0.675. The van der Waals surface area contributed by atoms with Gasteiger partial charge in [-0.2, -0.15) is 0 Å². The van der Waals surface area contributed by atoms with Crippen LogP contribution in [0.15, 0.2) is 12.1 Å². The van der Waals surface area contributed by atoms with E-state index >= 15 is 0 Å². The van der Waals surface area contributed by atoms with Gasteiger partial charge in [-0.3, -0.25) is 0 Å². The van der Waals surface area contributed by atoms with Gasteiger partial charge in [0.1, 0.15) is 0 Å². The Bertz CT molecular complexity index is 343. The molecule has 0 aliphatic heterocycles. The van der Waals surface area contributed by atoms with Gasteiger partial charge in [0.2, 0.25) is 0 Å². The minimum atomic E-state index is -0.308. The van der Waals surface area contributed by atoms with E-state index in [1.807, 2.05) is 0 Å². The van der Waals surface area contributed by atoms with Crippen LogP contribution in [0.4, 0.5) is 15.8 Å². The van der Waals surface area contributed by atoms with Crippen molar-refractivity contribution >= 4 is 11.4 Å². The Morgan fingerprint density at radius 2 is 1.79 bits per heavy atom. The van der Waals surface area contributed by atoms with E-state index in [0.717, 1.165) is 18.4 Å². The zero-order chi connectivity index (χ0) is 10.1. The predicted molar refractivity (Wildman–Crippen MR) is 56.4 cm³/mol. The highest BCUT2D eigenvalue weighted by atomic mass is 19.1. The third-order valence-electron chi connectivity index (χ3n) is 3.04. The molecule has 3 heteroatoms. The molecular formula is C11H15FN2. The minimum Gasteiger partial charge on any atom is -0.397 e. The molecule has 1 aromatic carbocycles. The molecule has 0 unspecified atom stereocenters. The van der Waals surface area contributed by atoms with Crippen molar-refractivity contribution in [3.8, 4) is 0 Å². The number of nitrogens with two attached hydrogens (primary N) is 2. The second kappa shape index (κ2) is 3.48. The third-order valence-corrected chi connectivity index (χ3v) is 3.04. The molecule has 0 saturated heterocycles. The highest BCUT2D eigenvalue weighted by Crippen LogP contribution is 2.37. The Morgan fingerprint density at radius 1 is 1.14 bits per heavy atom. The van der Waals surface area contributed by atoms with Crippen molar-refractivity contribution in [1.82, 2.24) is 0 Å². The van der Waals surface area contributed by atoms with Crippen LogP contribution in [-0.2, 0) is 0 Å². The summed E-state index contributed by atoms with van der Waals surface area (Å²) in [4.78, 5) is 0. The zero-order valence-electron chi connectivity index (χ0n) is 8.09. The van der Waals surface area contributed by atoms with Gasteiger partial charge in [0.15, 0.2) is 5.82 Å². The van der Waals surface area contributed by atoms with Crippen molar-refractivity contribution in [2.45, 2.75) is 31.6 Å². The highest BCUT2D eigenvalue weighted by molar-refractivity contribution is 5.65. The SMILES string of the molecule is Nc1ccc(C2CCCC2)c(F)c1N. The molecule has 2 nitrogen and oxygen atoms in total. The summed E-state index contributed by atoms with van der Waals surface area (Å²) >= 11 is 0. The summed E-state index contributed by atoms with van der Waals surface area (Å²) in [6.45, 7) is 0. The Kier molecular flexibility index (Phi) is 2.32. The highest BCUT2D eigenvalue weighted by Gasteiger charge is 2.21. The van der Waals surface area contributed by atoms with Crippen LogP contribution >= 0.6 is 0 Å². The molecule has 0 aromatic heterocycles. The van der Waals surface area contributed by atoms with Gasteiger partial charge in [0.25, 0.3) is 0 Å². The Labute approximate surface area is 83.1 Å². The fourth-order valence-corrected chi connectivity index (χ4v) is 2.18. The van der Waals surface area contributed by atoms with E-state index in [1.54, 1.807) is 12.1 Å². The molecule has 14 heavy (non-hydrogen) atoms. The molecule has 0 atom stereocenters. The lowest BCUT2D eigenvalue weighted by molar-refractivity contribution is 0.585. The number of anilines is 2. The van der Waals surface area contributed by atoms with Crippen LogP contribution in [0.2, 0.25) is 0 Å². The van der Waals surface area contributed by atoms with Crippen LogP contribution in [0.1, 0.15) is 37.2 Å². The molecule has 1 fully saturated rings. The molecule has 0 radical (unpaired) electrons. The van der Waals surface area contributed by atoms with Crippen molar-refractivity contribution in [3.05, 3.63) is 23.5 Å². The number of halogens is 1. The maximum absolute atomic E-state index is 13.7. The van der Waals surface area contributed by atoms with Gasteiger partial charge in [-0.25, -0.2) is 4.39 Å². The van der Waals surface area contributed by atoms with E-state index in [9.17, 15) is 4.39 Å². The van der Waals surface area contributed by atoms with Crippen molar-refractivity contribution in [2.75, 3.05) is 11.5 Å². The normalized spacial score (nSPS) is 17.5. The minimum absolute atomic E-state index is 0.106. The van der Waals surface area contributed by atoms with Gasteiger partial charge in [-0.05, 0) is 30.4 Å². The van der Waals surface area contributed by atoms with Crippen LogP contribution in [0, 0.1) is 5.82 Å². The van der Waals surface area contributed by atoms with Crippen LogP contribution in [0.5, 0.6) is 0 Å². The summed E-state index contributed by atoms with van der Waals surface area (Å²) in [5, 5.41) is 0. The van der Waals surface area contributed by atoms with Gasteiger partial charge in [-0.1, -0.05) is 18.9 Å². The standard InChI is InChI=1S/C11H15FN2/c12-10-8(7-3-1-2-4-7)5-6-9(13)11(10)14/h5-7H,1-4,13-14H2. The first-order chi connectivity index (χ1) is 6.70. The Hall–Kier alpha value is -1.25. The summed E-state index contributed by atoms with van der Waals surface area (Å²) < 4.78 is 13.7. The van der Waals surface area contributed by atoms with Gasteiger partial charge in [0, 0.05) is 0 Å². The van der Waals surface area contributed by atoms with Crippen LogP contribution in [-0.4, -0.2) is 0 Å². The summed E-state index contributed by atoms with van der Waals surface area (Å²) in [6, 6.07) is 3.48. The molecule has 0 amide bonds. The number of rotatable bonds is 1. The van der Waals surface area contributed by atoms with Crippen LogP contribution < -0.4 is 11.5 Å². The van der Waals surface area contributed by atoms with Gasteiger partial charge in [0.05, 0.1) is 11.4 Å². The summed E-state index contributed by atoms with van der Waals surface area (Å²) in [6.07, 6.45) is 4.52. The first-order valence-electron chi connectivity index (χ1n) is 5.03. The van der Waals surface area contributed by atoms with Gasteiger partial charge < -0.3 is 11.5 Å². The maximum Gasteiger partial charge on any atom is 0.151 e. The van der Waals surface area contributed by atoms with E-state index in [4.69, 9.17) is 11.5 Å². The number of benzene rings is 1. The monoisotopic (exact) mass is 194 g/mol. The smallest absolute Gasteiger partial charge is 0.151 e. The molecule has 4 N–H and O–H groups in total. The molecular weight excluding hydrogens is 179 g/mol. The summed E-state index contributed by atoms with van der Waals surface area (Å²) in [5.41, 5.74) is 12.3. The van der Waals surface area contributed by atoms with Crippen LogP contribution in [0.25, 0.3) is 0 Å². The van der Waals surface area contributed by atoms with Crippen molar-refractivity contribution in [1.29, 1.82) is 0 Å². The first-order valence-corrected chi connectivity index (χ1v) is 5.03. The fourth-order valence-electron chi connectivity index (χ4n) is 2.18. The van der Waals surface area contributed by atoms with Gasteiger partial charge >= 0.3 is 0 Å². The summed E-state index contributed by atoms with van der Waals surface area (Å²) in [5.74, 6) is 0.0369. The van der Waals surface area contributed by atoms with E-state index in [0.29, 0.717) is 11.6 Å². The molecule has 1 saturated carbocycles. The molecule has 0 bridgehead atoms. The number of nitrogen functional groups attached to an aromatic ring is 2.